The van der Waals surface area contributed by atoms with Crippen LogP contribution in [0.4, 0.5) is 9.52 Å². The summed E-state index contributed by atoms with van der Waals surface area (Å²) in [4.78, 5) is 19.6. The lowest BCUT2D eigenvalue weighted by molar-refractivity contribution is -0.121. The Bertz CT molecular complexity index is 1310. The molecule has 2 aromatic heterocycles. The lowest BCUT2D eigenvalue weighted by atomic mass is 10.0. The zero-order valence-electron chi connectivity index (χ0n) is 19.1. The number of halogens is 1. The average Bonchev–Trinajstić information content (AvgIpc) is 3.40. The SMILES string of the molecule is COc1ccc(-n2nc(C)c3sc(N4CCC(NC(=O)Cc5cccc(F)c5)CC4)nc32)cc1. The number of carbonyl (C=O) groups is 1. The Morgan fingerprint density at radius 1 is 1.21 bits per heavy atom. The minimum atomic E-state index is -0.320. The first-order valence-electron chi connectivity index (χ1n) is 11.3. The number of ether oxygens (including phenoxy) is 1. The second-order valence-electron chi connectivity index (χ2n) is 8.48. The number of methoxy groups -OCH3 is 1. The molecule has 9 heteroatoms. The number of aromatic nitrogens is 3. The Morgan fingerprint density at radius 2 is 1.97 bits per heavy atom. The summed E-state index contributed by atoms with van der Waals surface area (Å²) in [5.41, 5.74) is 3.43. The molecule has 1 N–H and O–H groups in total. The van der Waals surface area contributed by atoms with Gasteiger partial charge in [-0.2, -0.15) is 10.1 Å². The van der Waals surface area contributed by atoms with E-state index in [0.29, 0.717) is 5.56 Å². The largest absolute Gasteiger partial charge is 0.497 e. The standard InChI is InChI=1S/C25H26FN5O2S/c1-16-23-24(31(29-16)20-6-8-21(33-2)9-7-20)28-25(34-23)30-12-10-19(11-13-30)27-22(32)15-17-4-3-5-18(26)14-17/h3-9,14,19H,10-13,15H2,1-2H3,(H,27,32). The molecule has 176 valence electrons. The number of rotatable bonds is 6. The Kier molecular flexibility index (Phi) is 6.19. The van der Waals surface area contributed by atoms with Crippen molar-refractivity contribution in [1.82, 2.24) is 20.1 Å². The molecule has 0 aliphatic carbocycles. The maximum Gasteiger partial charge on any atom is 0.224 e. The fraction of sp³-hybridized carbons (Fsp3) is 0.320. The van der Waals surface area contributed by atoms with Gasteiger partial charge in [0.2, 0.25) is 5.91 Å². The Balaban J connectivity index is 1.23. The van der Waals surface area contributed by atoms with Crippen LogP contribution in [0.15, 0.2) is 48.5 Å². The number of thiazole rings is 1. The highest BCUT2D eigenvalue weighted by molar-refractivity contribution is 7.22. The predicted molar refractivity (Wildman–Crippen MR) is 132 cm³/mol. The smallest absolute Gasteiger partial charge is 0.224 e. The molecular formula is C25H26FN5O2S. The number of aryl methyl sites for hydroxylation is 1. The van der Waals surface area contributed by atoms with Crippen LogP contribution < -0.4 is 15.0 Å². The van der Waals surface area contributed by atoms with Gasteiger partial charge in [0.25, 0.3) is 0 Å². The molecule has 3 heterocycles. The van der Waals surface area contributed by atoms with E-state index in [1.54, 1.807) is 30.6 Å². The minimum absolute atomic E-state index is 0.0701. The van der Waals surface area contributed by atoms with E-state index in [0.717, 1.165) is 58.5 Å². The summed E-state index contributed by atoms with van der Waals surface area (Å²) in [6, 6.07) is 14.1. The van der Waals surface area contributed by atoms with Crippen molar-refractivity contribution in [2.24, 2.45) is 0 Å². The van der Waals surface area contributed by atoms with Crippen molar-refractivity contribution in [2.45, 2.75) is 32.2 Å². The van der Waals surface area contributed by atoms with Crippen LogP contribution in [0.2, 0.25) is 0 Å². The number of hydrogen-bond donors (Lipinski definition) is 1. The summed E-state index contributed by atoms with van der Waals surface area (Å²) in [5, 5.41) is 8.75. The van der Waals surface area contributed by atoms with E-state index in [9.17, 15) is 9.18 Å². The van der Waals surface area contributed by atoms with Crippen molar-refractivity contribution in [3.8, 4) is 11.4 Å². The predicted octanol–water partition coefficient (Wildman–Crippen LogP) is 4.27. The van der Waals surface area contributed by atoms with Crippen LogP contribution in [0.25, 0.3) is 16.0 Å². The van der Waals surface area contributed by atoms with E-state index in [1.807, 2.05) is 35.9 Å². The highest BCUT2D eigenvalue weighted by Gasteiger charge is 2.24. The monoisotopic (exact) mass is 479 g/mol. The zero-order chi connectivity index (χ0) is 23.7. The van der Waals surface area contributed by atoms with Gasteiger partial charge in [-0.05, 0) is 61.7 Å². The van der Waals surface area contributed by atoms with Gasteiger partial charge in [0.05, 0.1) is 29.6 Å². The number of fused-ring (bicyclic) bond motifs is 1. The molecule has 5 rings (SSSR count). The second-order valence-corrected chi connectivity index (χ2v) is 9.46. The molecule has 0 bridgehead atoms. The maximum atomic E-state index is 13.4. The third-order valence-corrected chi connectivity index (χ3v) is 7.29. The van der Waals surface area contributed by atoms with E-state index < -0.39 is 0 Å². The molecule has 0 spiro atoms. The molecule has 1 aliphatic rings. The zero-order valence-corrected chi connectivity index (χ0v) is 19.9. The van der Waals surface area contributed by atoms with Crippen LogP contribution in [0, 0.1) is 12.7 Å². The fourth-order valence-electron chi connectivity index (χ4n) is 4.29. The molecule has 1 fully saturated rings. The first kappa shape index (κ1) is 22.3. The highest BCUT2D eigenvalue weighted by Crippen LogP contribution is 2.34. The quantitative estimate of drug-likeness (QED) is 0.447. The van der Waals surface area contributed by atoms with Gasteiger partial charge in [-0.3, -0.25) is 4.79 Å². The first-order valence-corrected chi connectivity index (χ1v) is 12.1. The van der Waals surface area contributed by atoms with E-state index in [2.05, 4.69) is 15.3 Å². The van der Waals surface area contributed by atoms with Crippen LogP contribution in [0.3, 0.4) is 0 Å². The van der Waals surface area contributed by atoms with Crippen LogP contribution in [0.5, 0.6) is 5.75 Å². The minimum Gasteiger partial charge on any atom is -0.497 e. The lowest BCUT2D eigenvalue weighted by Gasteiger charge is -2.32. The molecule has 0 unspecified atom stereocenters. The van der Waals surface area contributed by atoms with E-state index in [4.69, 9.17) is 9.72 Å². The molecule has 4 aromatic rings. The summed E-state index contributed by atoms with van der Waals surface area (Å²) in [6.45, 7) is 3.64. The number of benzene rings is 2. The molecular weight excluding hydrogens is 453 g/mol. The maximum absolute atomic E-state index is 13.4. The van der Waals surface area contributed by atoms with Gasteiger partial charge >= 0.3 is 0 Å². The summed E-state index contributed by atoms with van der Waals surface area (Å²) in [5.74, 6) is 0.410. The number of carbonyl (C=O) groups excluding carboxylic acids is 1. The van der Waals surface area contributed by atoms with E-state index in [-0.39, 0.29) is 24.2 Å². The number of amides is 1. The fourth-order valence-corrected chi connectivity index (χ4v) is 5.33. The molecule has 1 amide bonds. The summed E-state index contributed by atoms with van der Waals surface area (Å²) < 4.78 is 21.6. The Labute approximate surface area is 201 Å². The summed E-state index contributed by atoms with van der Waals surface area (Å²) in [6.07, 6.45) is 1.87. The van der Waals surface area contributed by atoms with Gasteiger partial charge < -0.3 is 15.0 Å². The molecule has 0 atom stereocenters. The molecule has 1 aliphatic heterocycles. The van der Waals surface area contributed by atoms with Gasteiger partial charge in [0, 0.05) is 19.1 Å². The third kappa shape index (κ3) is 4.61. The van der Waals surface area contributed by atoms with Crippen molar-refractivity contribution in [1.29, 1.82) is 0 Å². The average molecular weight is 480 g/mol. The van der Waals surface area contributed by atoms with Crippen LogP contribution >= 0.6 is 11.3 Å². The van der Waals surface area contributed by atoms with Crippen LogP contribution in [-0.2, 0) is 11.2 Å². The third-order valence-electron chi connectivity index (χ3n) is 6.08. The topological polar surface area (TPSA) is 72.3 Å². The van der Waals surface area contributed by atoms with Gasteiger partial charge in [0.1, 0.15) is 11.6 Å². The number of hydrogen-bond acceptors (Lipinski definition) is 6. The van der Waals surface area contributed by atoms with Crippen molar-refractivity contribution in [2.75, 3.05) is 25.1 Å². The van der Waals surface area contributed by atoms with Gasteiger partial charge in [0.15, 0.2) is 10.8 Å². The summed E-state index contributed by atoms with van der Waals surface area (Å²) in [7, 11) is 1.65. The Hall–Kier alpha value is -3.46. The summed E-state index contributed by atoms with van der Waals surface area (Å²) >= 11 is 1.66. The van der Waals surface area contributed by atoms with Gasteiger partial charge in [-0.15, -0.1) is 0 Å². The normalized spacial score (nSPS) is 14.5. The number of anilines is 1. The lowest BCUT2D eigenvalue weighted by Crippen LogP contribution is -2.45. The molecule has 7 nitrogen and oxygen atoms in total. The first-order chi connectivity index (χ1) is 16.5. The molecule has 2 aromatic carbocycles. The highest BCUT2D eigenvalue weighted by atomic mass is 32.1. The second kappa shape index (κ2) is 9.42. The van der Waals surface area contributed by atoms with Gasteiger partial charge in [-0.1, -0.05) is 23.5 Å². The van der Waals surface area contributed by atoms with E-state index in [1.165, 1.54) is 12.1 Å². The van der Waals surface area contributed by atoms with E-state index >= 15 is 0 Å². The molecule has 34 heavy (non-hydrogen) atoms. The van der Waals surface area contributed by atoms with Crippen LogP contribution in [-0.4, -0.2) is 46.9 Å². The molecule has 1 saturated heterocycles. The number of nitrogens with one attached hydrogen (secondary N) is 1. The number of nitrogens with zero attached hydrogens (tertiary/aromatic N) is 4. The molecule has 0 radical (unpaired) electrons. The van der Waals surface area contributed by atoms with Crippen molar-refractivity contribution in [3.63, 3.8) is 0 Å². The van der Waals surface area contributed by atoms with Crippen molar-refractivity contribution < 1.29 is 13.9 Å². The van der Waals surface area contributed by atoms with Crippen molar-refractivity contribution in [3.05, 3.63) is 65.6 Å². The van der Waals surface area contributed by atoms with Crippen LogP contribution in [0.1, 0.15) is 24.1 Å². The number of piperidine rings is 1. The van der Waals surface area contributed by atoms with Crippen molar-refractivity contribution >= 4 is 32.7 Å². The molecule has 0 saturated carbocycles. The van der Waals surface area contributed by atoms with Gasteiger partial charge in [-0.25, -0.2) is 9.07 Å². The Morgan fingerprint density at radius 3 is 2.68 bits per heavy atom.